The van der Waals surface area contributed by atoms with Gasteiger partial charge < -0.3 is 5.32 Å². The molecular formula is C13H8BrClF4N2. The van der Waals surface area contributed by atoms with Crippen LogP contribution < -0.4 is 5.32 Å². The van der Waals surface area contributed by atoms with Crippen LogP contribution in [-0.4, -0.2) is 4.98 Å². The molecule has 0 amide bonds. The molecule has 0 spiro atoms. The number of hydrogen-bond acceptors (Lipinski definition) is 2. The van der Waals surface area contributed by atoms with Crippen LogP contribution in [0.5, 0.6) is 0 Å². The lowest BCUT2D eigenvalue weighted by Gasteiger charge is -2.17. The molecule has 0 bridgehead atoms. The number of aromatic nitrogens is 1. The maximum absolute atomic E-state index is 13.7. The zero-order valence-corrected chi connectivity index (χ0v) is 12.7. The van der Waals surface area contributed by atoms with E-state index in [0.717, 1.165) is 18.5 Å². The third-order valence-corrected chi connectivity index (χ3v) is 3.49. The molecule has 0 unspecified atom stereocenters. The van der Waals surface area contributed by atoms with Gasteiger partial charge in [0, 0.05) is 16.5 Å². The molecule has 0 fully saturated rings. The standard InChI is InChI=1S/C13H8BrClF4N2/c14-4-7-5-20-6-11(12(7)13(17,18)19)21-10-2-1-8(15)3-9(10)16/h1-3,5-6,21H,4H2. The van der Waals surface area contributed by atoms with Crippen molar-refractivity contribution >= 4 is 38.9 Å². The number of rotatable bonds is 3. The van der Waals surface area contributed by atoms with Gasteiger partial charge in [-0.3, -0.25) is 4.98 Å². The van der Waals surface area contributed by atoms with Gasteiger partial charge in [-0.15, -0.1) is 0 Å². The Balaban J connectivity index is 2.49. The number of benzene rings is 1. The number of alkyl halides is 4. The van der Waals surface area contributed by atoms with Crippen LogP contribution in [0.25, 0.3) is 0 Å². The Kier molecular flexibility index (Phi) is 4.73. The molecule has 0 aliphatic rings. The number of anilines is 2. The van der Waals surface area contributed by atoms with Crippen LogP contribution in [0.3, 0.4) is 0 Å². The topological polar surface area (TPSA) is 24.9 Å². The molecule has 0 saturated heterocycles. The van der Waals surface area contributed by atoms with Gasteiger partial charge in [0.05, 0.1) is 23.1 Å². The molecule has 112 valence electrons. The Morgan fingerprint density at radius 2 is 1.90 bits per heavy atom. The molecule has 1 heterocycles. The fourth-order valence-electron chi connectivity index (χ4n) is 1.77. The molecule has 0 radical (unpaired) electrons. The summed E-state index contributed by atoms with van der Waals surface area (Å²) in [4.78, 5) is 3.73. The Morgan fingerprint density at radius 3 is 2.48 bits per heavy atom. The molecule has 1 N–H and O–H groups in total. The van der Waals surface area contributed by atoms with Crippen molar-refractivity contribution in [2.45, 2.75) is 11.5 Å². The van der Waals surface area contributed by atoms with Gasteiger partial charge >= 0.3 is 6.18 Å². The predicted octanol–water partition coefficient (Wildman–Crippen LogP) is 5.53. The van der Waals surface area contributed by atoms with E-state index in [-0.39, 0.29) is 27.3 Å². The zero-order chi connectivity index (χ0) is 15.6. The Bertz CT molecular complexity index is 661. The van der Waals surface area contributed by atoms with Gasteiger partial charge in [-0.05, 0) is 23.8 Å². The summed E-state index contributed by atoms with van der Waals surface area (Å²) in [6.07, 6.45) is -2.47. The smallest absolute Gasteiger partial charge is 0.351 e. The summed E-state index contributed by atoms with van der Waals surface area (Å²) in [5, 5.41) is 2.55. The molecule has 21 heavy (non-hydrogen) atoms. The highest BCUT2D eigenvalue weighted by Crippen LogP contribution is 2.39. The summed E-state index contributed by atoms with van der Waals surface area (Å²) in [5.41, 5.74) is -1.36. The van der Waals surface area contributed by atoms with Crippen LogP contribution in [0.15, 0.2) is 30.6 Å². The quantitative estimate of drug-likeness (QED) is 0.557. The van der Waals surface area contributed by atoms with Crippen molar-refractivity contribution in [3.63, 3.8) is 0 Å². The molecule has 0 atom stereocenters. The maximum Gasteiger partial charge on any atom is 0.418 e. The Morgan fingerprint density at radius 1 is 1.19 bits per heavy atom. The van der Waals surface area contributed by atoms with E-state index in [2.05, 4.69) is 26.2 Å². The van der Waals surface area contributed by atoms with Crippen LogP contribution in [0.2, 0.25) is 5.02 Å². The van der Waals surface area contributed by atoms with Gasteiger partial charge in [0.1, 0.15) is 5.82 Å². The fraction of sp³-hybridized carbons (Fsp3) is 0.154. The maximum atomic E-state index is 13.7. The van der Waals surface area contributed by atoms with Crippen molar-refractivity contribution in [2.75, 3.05) is 5.32 Å². The second-order valence-corrected chi connectivity index (χ2v) is 5.10. The van der Waals surface area contributed by atoms with Gasteiger partial charge in [0.2, 0.25) is 0 Å². The van der Waals surface area contributed by atoms with Crippen LogP contribution in [0.1, 0.15) is 11.1 Å². The van der Waals surface area contributed by atoms with E-state index in [1.807, 2.05) is 0 Å². The van der Waals surface area contributed by atoms with Crippen molar-refractivity contribution in [1.29, 1.82) is 0 Å². The van der Waals surface area contributed by atoms with E-state index >= 15 is 0 Å². The minimum absolute atomic E-state index is 0.0204. The third kappa shape index (κ3) is 3.65. The average molecular weight is 384 g/mol. The van der Waals surface area contributed by atoms with E-state index in [0.29, 0.717) is 0 Å². The van der Waals surface area contributed by atoms with Crippen molar-refractivity contribution in [1.82, 2.24) is 4.98 Å². The van der Waals surface area contributed by atoms with Gasteiger partial charge in [-0.2, -0.15) is 13.2 Å². The van der Waals surface area contributed by atoms with E-state index in [9.17, 15) is 17.6 Å². The average Bonchev–Trinajstić information content (AvgIpc) is 2.40. The van der Waals surface area contributed by atoms with Crippen LogP contribution in [0.4, 0.5) is 28.9 Å². The molecule has 2 nitrogen and oxygen atoms in total. The highest BCUT2D eigenvalue weighted by molar-refractivity contribution is 9.08. The summed E-state index contributed by atoms with van der Waals surface area (Å²) in [5.74, 6) is -0.750. The molecule has 1 aromatic carbocycles. The van der Waals surface area contributed by atoms with E-state index < -0.39 is 17.6 Å². The fourth-order valence-corrected chi connectivity index (χ4v) is 2.35. The number of pyridine rings is 1. The Hall–Kier alpha value is -1.34. The molecule has 0 aliphatic heterocycles. The van der Waals surface area contributed by atoms with Crippen molar-refractivity contribution in [3.8, 4) is 0 Å². The van der Waals surface area contributed by atoms with Crippen LogP contribution >= 0.6 is 27.5 Å². The number of halogens is 6. The van der Waals surface area contributed by atoms with Crippen molar-refractivity contribution < 1.29 is 17.6 Å². The highest BCUT2D eigenvalue weighted by atomic mass is 79.9. The van der Waals surface area contributed by atoms with Gasteiger partial charge in [0.25, 0.3) is 0 Å². The lowest BCUT2D eigenvalue weighted by molar-refractivity contribution is -0.137. The van der Waals surface area contributed by atoms with E-state index in [4.69, 9.17) is 11.6 Å². The zero-order valence-electron chi connectivity index (χ0n) is 10.3. The predicted molar refractivity (Wildman–Crippen MR) is 76.6 cm³/mol. The number of nitrogens with one attached hydrogen (secondary N) is 1. The van der Waals surface area contributed by atoms with E-state index in [1.54, 1.807) is 0 Å². The summed E-state index contributed by atoms with van der Waals surface area (Å²) in [7, 11) is 0. The van der Waals surface area contributed by atoms with Crippen LogP contribution in [-0.2, 0) is 11.5 Å². The Labute approximate surface area is 131 Å². The minimum atomic E-state index is -4.59. The van der Waals surface area contributed by atoms with Crippen LogP contribution in [0, 0.1) is 5.82 Å². The summed E-state index contributed by atoms with van der Waals surface area (Å²) in [6.45, 7) is 0. The lowest BCUT2D eigenvalue weighted by Crippen LogP contribution is -2.13. The SMILES string of the molecule is Fc1cc(Cl)ccc1Nc1cncc(CBr)c1C(F)(F)F. The highest BCUT2D eigenvalue weighted by Gasteiger charge is 2.36. The second-order valence-electron chi connectivity index (χ2n) is 4.10. The number of nitrogens with zero attached hydrogens (tertiary/aromatic N) is 1. The molecule has 2 rings (SSSR count). The second kappa shape index (κ2) is 6.19. The van der Waals surface area contributed by atoms with E-state index in [1.165, 1.54) is 12.1 Å². The normalized spacial score (nSPS) is 11.5. The summed E-state index contributed by atoms with van der Waals surface area (Å²) < 4.78 is 53.2. The monoisotopic (exact) mass is 382 g/mol. The first-order valence-corrected chi connectivity index (χ1v) is 7.15. The third-order valence-electron chi connectivity index (χ3n) is 2.65. The first kappa shape index (κ1) is 16.0. The molecule has 2 aromatic rings. The first-order valence-electron chi connectivity index (χ1n) is 5.65. The van der Waals surface area contributed by atoms with Gasteiger partial charge in [-0.1, -0.05) is 27.5 Å². The van der Waals surface area contributed by atoms with Gasteiger partial charge in [-0.25, -0.2) is 4.39 Å². The molecular weight excluding hydrogens is 376 g/mol. The summed E-state index contributed by atoms with van der Waals surface area (Å²) in [6, 6.07) is 3.65. The molecule has 0 saturated carbocycles. The largest absolute Gasteiger partial charge is 0.418 e. The van der Waals surface area contributed by atoms with Crippen molar-refractivity contribution in [3.05, 3.63) is 52.6 Å². The number of hydrogen-bond donors (Lipinski definition) is 1. The molecule has 1 aromatic heterocycles. The molecule has 0 aliphatic carbocycles. The summed E-state index contributed by atoms with van der Waals surface area (Å²) >= 11 is 8.59. The van der Waals surface area contributed by atoms with Gasteiger partial charge in [0.15, 0.2) is 0 Å². The molecule has 8 heteroatoms. The first-order chi connectivity index (χ1) is 9.82. The lowest BCUT2D eigenvalue weighted by atomic mass is 10.1. The van der Waals surface area contributed by atoms with Crippen molar-refractivity contribution in [2.24, 2.45) is 0 Å². The minimum Gasteiger partial charge on any atom is -0.351 e.